The van der Waals surface area contributed by atoms with Crippen molar-refractivity contribution in [3.05, 3.63) is 58.7 Å². The molecule has 4 rings (SSSR count). The molecule has 0 fully saturated rings. The highest BCUT2D eigenvalue weighted by atomic mass is 16.5. The second kappa shape index (κ2) is 6.79. The largest absolute Gasteiger partial charge is 0.496 e. The molecular weight excluding hydrogens is 314 g/mol. The van der Waals surface area contributed by atoms with E-state index >= 15 is 0 Å². The van der Waals surface area contributed by atoms with E-state index in [1.807, 2.05) is 30.3 Å². The van der Waals surface area contributed by atoms with Crippen molar-refractivity contribution in [3.8, 4) is 11.5 Å². The number of amides is 1. The molecule has 0 bridgehead atoms. The van der Waals surface area contributed by atoms with Gasteiger partial charge < -0.3 is 14.8 Å². The van der Waals surface area contributed by atoms with Crippen LogP contribution in [0.1, 0.15) is 33.5 Å². The fourth-order valence-corrected chi connectivity index (χ4v) is 3.80. The van der Waals surface area contributed by atoms with Gasteiger partial charge in [0.1, 0.15) is 11.5 Å². The summed E-state index contributed by atoms with van der Waals surface area (Å²) in [7, 11) is 1.62. The summed E-state index contributed by atoms with van der Waals surface area (Å²) in [5, 5.41) is 3.07. The van der Waals surface area contributed by atoms with E-state index in [0.29, 0.717) is 30.4 Å². The van der Waals surface area contributed by atoms with Gasteiger partial charge in [-0.05, 0) is 60.6 Å². The fraction of sp³-hybridized carbons (Fsp3) is 0.381. The quantitative estimate of drug-likeness (QED) is 0.932. The van der Waals surface area contributed by atoms with Gasteiger partial charge in [-0.15, -0.1) is 0 Å². The molecule has 1 aliphatic heterocycles. The predicted molar refractivity (Wildman–Crippen MR) is 96.5 cm³/mol. The van der Waals surface area contributed by atoms with Crippen LogP contribution in [-0.4, -0.2) is 26.2 Å². The second-order valence-electron chi connectivity index (χ2n) is 6.87. The van der Waals surface area contributed by atoms with Crippen molar-refractivity contribution in [2.75, 3.05) is 20.3 Å². The molecular formula is C21H23NO3. The lowest BCUT2D eigenvalue weighted by Gasteiger charge is -2.25. The molecule has 2 aliphatic rings. The molecule has 1 aliphatic carbocycles. The SMILES string of the molecule is COc1cc2c(cc1C(=O)NC[C@@H]1COc3ccccc3C1)CCC2. The van der Waals surface area contributed by atoms with Crippen LogP contribution in [0.5, 0.6) is 11.5 Å². The first kappa shape index (κ1) is 16.0. The highest BCUT2D eigenvalue weighted by molar-refractivity contribution is 5.97. The zero-order valence-electron chi connectivity index (χ0n) is 14.5. The molecule has 130 valence electrons. The smallest absolute Gasteiger partial charge is 0.255 e. The lowest BCUT2D eigenvalue weighted by atomic mass is 9.96. The van der Waals surface area contributed by atoms with E-state index in [1.54, 1.807) is 7.11 Å². The van der Waals surface area contributed by atoms with Crippen LogP contribution in [-0.2, 0) is 19.3 Å². The minimum Gasteiger partial charge on any atom is -0.496 e. The number of methoxy groups -OCH3 is 1. The Kier molecular flexibility index (Phi) is 4.35. The number of benzene rings is 2. The van der Waals surface area contributed by atoms with E-state index in [2.05, 4.69) is 11.4 Å². The Hall–Kier alpha value is -2.49. The number of rotatable bonds is 4. The average Bonchev–Trinajstić information content (AvgIpc) is 3.12. The normalized spacial score (nSPS) is 18.0. The number of hydrogen-bond donors (Lipinski definition) is 1. The summed E-state index contributed by atoms with van der Waals surface area (Å²) in [6, 6.07) is 12.1. The molecule has 25 heavy (non-hydrogen) atoms. The monoisotopic (exact) mass is 337 g/mol. The minimum atomic E-state index is -0.0644. The average molecular weight is 337 g/mol. The molecule has 2 aromatic carbocycles. The number of para-hydroxylation sites is 1. The Balaban J connectivity index is 1.43. The standard InChI is InChI=1S/C21H23NO3/c1-24-20-11-16-7-4-6-15(16)10-18(20)21(23)22-12-14-9-17-5-2-3-8-19(17)25-13-14/h2-3,5,8,10-11,14H,4,6-7,9,12-13H2,1H3,(H,22,23)/t14-/m1/s1. The summed E-state index contributed by atoms with van der Waals surface area (Å²) in [5.74, 6) is 1.86. The van der Waals surface area contributed by atoms with E-state index in [9.17, 15) is 4.79 Å². The first-order valence-corrected chi connectivity index (χ1v) is 8.93. The van der Waals surface area contributed by atoms with Crippen LogP contribution in [0.3, 0.4) is 0 Å². The van der Waals surface area contributed by atoms with Gasteiger partial charge in [-0.1, -0.05) is 18.2 Å². The Labute approximate surface area is 148 Å². The predicted octanol–water partition coefficient (Wildman–Crippen LogP) is 3.17. The van der Waals surface area contributed by atoms with Gasteiger partial charge >= 0.3 is 0 Å². The molecule has 2 aromatic rings. The molecule has 0 saturated carbocycles. The van der Waals surface area contributed by atoms with E-state index < -0.39 is 0 Å². The van der Waals surface area contributed by atoms with Crippen LogP contribution in [0.2, 0.25) is 0 Å². The molecule has 4 nitrogen and oxygen atoms in total. The maximum atomic E-state index is 12.7. The number of fused-ring (bicyclic) bond motifs is 2. The van der Waals surface area contributed by atoms with Crippen LogP contribution < -0.4 is 14.8 Å². The number of ether oxygens (including phenoxy) is 2. The van der Waals surface area contributed by atoms with Crippen molar-refractivity contribution < 1.29 is 14.3 Å². The number of nitrogens with one attached hydrogen (secondary N) is 1. The zero-order chi connectivity index (χ0) is 17.2. The summed E-state index contributed by atoms with van der Waals surface area (Å²) in [6.45, 7) is 1.24. The van der Waals surface area contributed by atoms with Gasteiger partial charge in [-0.25, -0.2) is 0 Å². The molecule has 0 radical (unpaired) electrons. The summed E-state index contributed by atoms with van der Waals surface area (Å²) in [5.41, 5.74) is 4.44. The van der Waals surface area contributed by atoms with Crippen molar-refractivity contribution in [2.24, 2.45) is 5.92 Å². The van der Waals surface area contributed by atoms with E-state index in [1.165, 1.54) is 16.7 Å². The molecule has 1 heterocycles. The number of aryl methyl sites for hydroxylation is 2. The van der Waals surface area contributed by atoms with Gasteiger partial charge in [0.2, 0.25) is 0 Å². The van der Waals surface area contributed by atoms with Crippen LogP contribution >= 0.6 is 0 Å². The first-order valence-electron chi connectivity index (χ1n) is 8.93. The molecule has 0 unspecified atom stereocenters. The van der Waals surface area contributed by atoms with Gasteiger partial charge in [-0.3, -0.25) is 4.79 Å². The zero-order valence-corrected chi connectivity index (χ0v) is 14.5. The summed E-state index contributed by atoms with van der Waals surface area (Å²) >= 11 is 0. The molecule has 1 amide bonds. The highest BCUT2D eigenvalue weighted by Crippen LogP contribution is 2.30. The third kappa shape index (κ3) is 3.21. The van der Waals surface area contributed by atoms with Gasteiger partial charge in [-0.2, -0.15) is 0 Å². The third-order valence-electron chi connectivity index (χ3n) is 5.17. The molecule has 0 spiro atoms. The van der Waals surface area contributed by atoms with Crippen molar-refractivity contribution in [1.82, 2.24) is 5.32 Å². The second-order valence-corrected chi connectivity index (χ2v) is 6.87. The lowest BCUT2D eigenvalue weighted by Crippen LogP contribution is -2.35. The fourth-order valence-electron chi connectivity index (χ4n) is 3.80. The maximum absolute atomic E-state index is 12.7. The summed E-state index contributed by atoms with van der Waals surface area (Å²) in [6.07, 6.45) is 4.21. The molecule has 1 N–H and O–H groups in total. The van der Waals surface area contributed by atoms with E-state index in [-0.39, 0.29) is 5.91 Å². The Bertz CT molecular complexity index is 800. The van der Waals surface area contributed by atoms with E-state index in [4.69, 9.17) is 9.47 Å². The van der Waals surface area contributed by atoms with Crippen LogP contribution in [0, 0.1) is 5.92 Å². The molecule has 0 saturated heterocycles. The third-order valence-corrected chi connectivity index (χ3v) is 5.17. The highest BCUT2D eigenvalue weighted by Gasteiger charge is 2.22. The van der Waals surface area contributed by atoms with Crippen molar-refractivity contribution in [3.63, 3.8) is 0 Å². The van der Waals surface area contributed by atoms with Crippen molar-refractivity contribution in [2.45, 2.75) is 25.7 Å². The van der Waals surface area contributed by atoms with Crippen molar-refractivity contribution >= 4 is 5.91 Å². The van der Waals surface area contributed by atoms with Crippen LogP contribution in [0.25, 0.3) is 0 Å². The first-order chi connectivity index (χ1) is 12.2. The van der Waals surface area contributed by atoms with Crippen molar-refractivity contribution in [1.29, 1.82) is 0 Å². The van der Waals surface area contributed by atoms with E-state index in [0.717, 1.165) is 31.4 Å². The summed E-state index contributed by atoms with van der Waals surface area (Å²) in [4.78, 5) is 12.7. The number of carbonyl (C=O) groups is 1. The Morgan fingerprint density at radius 2 is 2.00 bits per heavy atom. The maximum Gasteiger partial charge on any atom is 0.255 e. The van der Waals surface area contributed by atoms with Crippen LogP contribution in [0.4, 0.5) is 0 Å². The number of hydrogen-bond acceptors (Lipinski definition) is 3. The Morgan fingerprint density at radius 3 is 2.84 bits per heavy atom. The lowest BCUT2D eigenvalue weighted by molar-refractivity contribution is 0.0936. The topological polar surface area (TPSA) is 47.6 Å². The van der Waals surface area contributed by atoms with Gasteiger partial charge in [0.25, 0.3) is 5.91 Å². The molecule has 4 heteroatoms. The Morgan fingerprint density at radius 1 is 1.20 bits per heavy atom. The molecule has 1 atom stereocenters. The van der Waals surface area contributed by atoms with Gasteiger partial charge in [0.05, 0.1) is 19.3 Å². The van der Waals surface area contributed by atoms with Gasteiger partial charge in [0, 0.05) is 12.5 Å². The minimum absolute atomic E-state index is 0.0644. The number of carbonyl (C=O) groups excluding carboxylic acids is 1. The molecule has 0 aromatic heterocycles. The van der Waals surface area contributed by atoms with Gasteiger partial charge in [0.15, 0.2) is 0 Å². The van der Waals surface area contributed by atoms with Crippen LogP contribution in [0.15, 0.2) is 36.4 Å². The summed E-state index contributed by atoms with van der Waals surface area (Å²) < 4.78 is 11.2.